The van der Waals surface area contributed by atoms with E-state index < -0.39 is 6.17 Å². The first-order valence-corrected chi connectivity index (χ1v) is 12.8. The minimum Gasteiger partial charge on any atom is -0.352 e. The highest BCUT2D eigenvalue weighted by molar-refractivity contribution is 6.30. The summed E-state index contributed by atoms with van der Waals surface area (Å²) < 4.78 is 14.5. The van der Waals surface area contributed by atoms with Gasteiger partial charge < -0.3 is 15.1 Å². The average Bonchev–Trinajstić information content (AvgIpc) is 3.25. The quantitative estimate of drug-likeness (QED) is 0.647. The van der Waals surface area contributed by atoms with Crippen LogP contribution in [-0.4, -0.2) is 58.5 Å². The van der Waals surface area contributed by atoms with Crippen molar-refractivity contribution in [3.05, 3.63) is 52.4 Å². The van der Waals surface area contributed by atoms with E-state index in [9.17, 15) is 9.18 Å². The van der Waals surface area contributed by atoms with E-state index in [2.05, 4.69) is 45.9 Å². The average molecular weight is 486 g/mol. The van der Waals surface area contributed by atoms with Crippen molar-refractivity contribution in [2.75, 3.05) is 24.5 Å². The second kappa shape index (κ2) is 9.42. The molecule has 1 aliphatic carbocycles. The predicted octanol–water partition coefficient (Wildman–Crippen LogP) is 4.61. The largest absolute Gasteiger partial charge is 0.352 e. The monoisotopic (exact) mass is 485 g/mol. The molecule has 3 unspecified atom stereocenters. The molecule has 3 heterocycles. The number of carbonyl (C=O) groups excluding carboxylic acids is 1. The van der Waals surface area contributed by atoms with Gasteiger partial charge >= 0.3 is 0 Å². The van der Waals surface area contributed by atoms with Gasteiger partial charge in [-0.1, -0.05) is 44.5 Å². The molecule has 2 saturated heterocycles. The molecule has 2 aromatic rings. The number of hydrogen-bond acceptors (Lipinski definition) is 5. The van der Waals surface area contributed by atoms with Gasteiger partial charge in [0, 0.05) is 48.3 Å². The number of nitrogens with one attached hydrogen (secondary N) is 1. The molecule has 5 atom stereocenters. The molecule has 3 aliphatic rings. The van der Waals surface area contributed by atoms with Crippen molar-refractivity contribution in [3.63, 3.8) is 0 Å². The van der Waals surface area contributed by atoms with Crippen LogP contribution in [0.25, 0.3) is 0 Å². The van der Waals surface area contributed by atoms with Crippen molar-refractivity contribution in [3.8, 4) is 0 Å². The lowest BCUT2D eigenvalue weighted by Gasteiger charge is -2.43. The molecular weight excluding hydrogens is 453 g/mol. The minimum atomic E-state index is -1.01. The Morgan fingerprint density at radius 1 is 1.18 bits per heavy atom. The second-order valence-corrected chi connectivity index (χ2v) is 10.7. The SMILES string of the molecule is CC(C)NC[C@@H](C(=O)N1C2CCC1CN(c1ncnc3c1[C@H](C)CC3F)C2)c1ccc(Cl)cc1. The fourth-order valence-electron chi connectivity index (χ4n) is 5.93. The fourth-order valence-corrected chi connectivity index (χ4v) is 6.05. The van der Waals surface area contributed by atoms with Crippen LogP contribution < -0.4 is 10.2 Å². The Kier molecular flexibility index (Phi) is 6.51. The smallest absolute Gasteiger partial charge is 0.232 e. The first-order valence-electron chi connectivity index (χ1n) is 12.4. The van der Waals surface area contributed by atoms with E-state index in [4.69, 9.17) is 11.6 Å². The van der Waals surface area contributed by atoms with Crippen LogP contribution in [0.1, 0.15) is 74.9 Å². The van der Waals surface area contributed by atoms with Gasteiger partial charge in [-0.15, -0.1) is 0 Å². The zero-order valence-corrected chi connectivity index (χ0v) is 20.8. The number of benzene rings is 1. The lowest BCUT2D eigenvalue weighted by Crippen LogP contribution is -2.58. The third-order valence-electron chi connectivity index (χ3n) is 7.58. The Morgan fingerprint density at radius 2 is 1.85 bits per heavy atom. The number of halogens is 2. The first-order chi connectivity index (χ1) is 16.3. The summed E-state index contributed by atoms with van der Waals surface area (Å²) in [7, 11) is 0. The Labute approximate surface area is 205 Å². The van der Waals surface area contributed by atoms with Crippen molar-refractivity contribution < 1.29 is 9.18 Å². The summed E-state index contributed by atoms with van der Waals surface area (Å²) >= 11 is 6.11. The van der Waals surface area contributed by atoms with Crippen molar-refractivity contribution >= 4 is 23.3 Å². The van der Waals surface area contributed by atoms with Gasteiger partial charge in [-0.3, -0.25) is 4.79 Å². The number of fused-ring (bicyclic) bond motifs is 3. The van der Waals surface area contributed by atoms with Crippen LogP contribution in [0.2, 0.25) is 5.02 Å². The number of piperazine rings is 1. The third-order valence-corrected chi connectivity index (χ3v) is 7.83. The van der Waals surface area contributed by atoms with E-state index in [1.165, 1.54) is 6.33 Å². The van der Waals surface area contributed by atoms with E-state index >= 15 is 0 Å². The topological polar surface area (TPSA) is 61.4 Å². The zero-order valence-electron chi connectivity index (χ0n) is 20.0. The summed E-state index contributed by atoms with van der Waals surface area (Å²) in [5.41, 5.74) is 2.49. The van der Waals surface area contributed by atoms with Crippen molar-refractivity contribution in [2.24, 2.45) is 0 Å². The summed E-state index contributed by atoms with van der Waals surface area (Å²) in [5.74, 6) is 0.880. The summed E-state index contributed by atoms with van der Waals surface area (Å²) in [6.07, 6.45) is 2.91. The molecule has 182 valence electrons. The Hall–Kier alpha value is -2.25. The molecule has 0 saturated carbocycles. The molecule has 34 heavy (non-hydrogen) atoms. The van der Waals surface area contributed by atoms with E-state index in [0.29, 0.717) is 23.7 Å². The highest BCUT2D eigenvalue weighted by Crippen LogP contribution is 2.46. The Bertz CT molecular complexity index is 1030. The molecule has 6 nitrogen and oxygen atoms in total. The predicted molar refractivity (Wildman–Crippen MR) is 132 cm³/mol. The molecule has 1 aromatic carbocycles. The number of hydrogen-bond donors (Lipinski definition) is 1. The van der Waals surface area contributed by atoms with Crippen molar-refractivity contribution in [1.29, 1.82) is 0 Å². The van der Waals surface area contributed by atoms with Gasteiger partial charge in [0.25, 0.3) is 0 Å². The van der Waals surface area contributed by atoms with Crippen LogP contribution in [-0.2, 0) is 4.79 Å². The molecule has 1 amide bonds. The van der Waals surface area contributed by atoms with Gasteiger partial charge in [0.1, 0.15) is 18.3 Å². The highest BCUT2D eigenvalue weighted by Gasteiger charge is 2.46. The number of amides is 1. The maximum absolute atomic E-state index is 14.5. The van der Waals surface area contributed by atoms with Gasteiger partial charge in [-0.25, -0.2) is 14.4 Å². The fraction of sp³-hybridized carbons (Fsp3) is 0.577. The van der Waals surface area contributed by atoms with E-state index in [1.807, 2.05) is 24.3 Å². The molecule has 1 aromatic heterocycles. The van der Waals surface area contributed by atoms with E-state index in [-0.39, 0.29) is 35.9 Å². The first kappa shape index (κ1) is 23.5. The maximum Gasteiger partial charge on any atom is 0.232 e. The molecule has 5 rings (SSSR count). The third kappa shape index (κ3) is 4.29. The zero-order chi connectivity index (χ0) is 24.0. The van der Waals surface area contributed by atoms with Gasteiger partial charge in [0.2, 0.25) is 5.91 Å². The molecular formula is C26H33ClFN5O. The maximum atomic E-state index is 14.5. The van der Waals surface area contributed by atoms with Crippen LogP contribution >= 0.6 is 11.6 Å². The number of rotatable bonds is 6. The van der Waals surface area contributed by atoms with Crippen LogP contribution in [0.4, 0.5) is 10.2 Å². The standard InChI is InChI=1S/C26H33ClFN5O/c1-15(2)29-11-21(17-4-6-18(27)7-5-17)26(34)33-19-8-9-20(33)13-32(12-19)25-23-16(3)10-22(28)24(23)30-14-31-25/h4-7,14-16,19-22,29H,8-13H2,1-3H3/t16-,19?,20?,21-,22?/m1/s1. The van der Waals surface area contributed by atoms with Gasteiger partial charge in [-0.2, -0.15) is 0 Å². The van der Waals surface area contributed by atoms with Crippen LogP contribution in [0.15, 0.2) is 30.6 Å². The summed E-state index contributed by atoms with van der Waals surface area (Å²) in [5, 5.41) is 4.13. The highest BCUT2D eigenvalue weighted by atomic mass is 35.5. The molecule has 0 spiro atoms. The van der Waals surface area contributed by atoms with Crippen LogP contribution in [0.3, 0.4) is 0 Å². The number of alkyl halides is 1. The lowest BCUT2D eigenvalue weighted by molar-refractivity contribution is -0.136. The van der Waals surface area contributed by atoms with Gasteiger partial charge in [0.05, 0.1) is 11.6 Å². The summed E-state index contributed by atoms with van der Waals surface area (Å²) in [6.45, 7) is 8.27. The number of aromatic nitrogens is 2. The number of nitrogens with zero attached hydrogens (tertiary/aromatic N) is 4. The molecule has 2 aliphatic heterocycles. The summed E-state index contributed by atoms with van der Waals surface area (Å²) in [4.78, 5) is 27.2. The van der Waals surface area contributed by atoms with Gasteiger partial charge in [-0.05, 0) is 42.9 Å². The number of anilines is 1. The van der Waals surface area contributed by atoms with E-state index in [0.717, 1.165) is 42.9 Å². The molecule has 1 N–H and O–H groups in total. The minimum absolute atomic E-state index is 0.106. The molecule has 2 bridgehead atoms. The lowest BCUT2D eigenvalue weighted by atomic mass is 9.95. The molecule has 8 heteroatoms. The summed E-state index contributed by atoms with van der Waals surface area (Å²) in [6, 6.07) is 8.18. The second-order valence-electron chi connectivity index (χ2n) is 10.3. The van der Waals surface area contributed by atoms with Crippen LogP contribution in [0, 0.1) is 0 Å². The van der Waals surface area contributed by atoms with Gasteiger partial charge in [0.15, 0.2) is 0 Å². The molecule has 0 radical (unpaired) electrons. The van der Waals surface area contributed by atoms with Crippen molar-refractivity contribution in [1.82, 2.24) is 20.2 Å². The molecule has 2 fully saturated rings. The van der Waals surface area contributed by atoms with Crippen LogP contribution in [0.5, 0.6) is 0 Å². The Balaban J connectivity index is 1.38. The normalized spacial score (nSPS) is 26.8. The van der Waals surface area contributed by atoms with Crippen molar-refractivity contribution in [2.45, 2.75) is 76.2 Å². The Morgan fingerprint density at radius 3 is 2.50 bits per heavy atom. The van der Waals surface area contributed by atoms with E-state index in [1.54, 1.807) is 0 Å². The number of carbonyl (C=O) groups is 1.